The standard InChI is InChI=1S/C15H15NO3/c1-2-19-15(18)5-3-4-11-6-7-14-13(8-11)12(10-17)9-16-14/h3-4,6-10,16H,2,5H2,1H3. The van der Waals surface area contributed by atoms with Crippen molar-refractivity contribution in [3.05, 3.63) is 41.6 Å². The van der Waals surface area contributed by atoms with E-state index in [2.05, 4.69) is 4.98 Å². The van der Waals surface area contributed by atoms with Crippen LogP contribution in [0.4, 0.5) is 0 Å². The van der Waals surface area contributed by atoms with Crippen molar-refractivity contribution in [1.29, 1.82) is 0 Å². The number of rotatable bonds is 5. The maximum Gasteiger partial charge on any atom is 0.309 e. The predicted molar refractivity (Wildman–Crippen MR) is 74.0 cm³/mol. The molecule has 98 valence electrons. The predicted octanol–water partition coefficient (Wildman–Crippen LogP) is 2.95. The number of H-pyrrole nitrogens is 1. The third-order valence-electron chi connectivity index (χ3n) is 2.76. The highest BCUT2D eigenvalue weighted by Crippen LogP contribution is 2.19. The van der Waals surface area contributed by atoms with E-state index < -0.39 is 0 Å². The number of ether oxygens (including phenoxy) is 1. The average molecular weight is 257 g/mol. The summed E-state index contributed by atoms with van der Waals surface area (Å²) in [6.45, 7) is 2.17. The summed E-state index contributed by atoms with van der Waals surface area (Å²) in [7, 11) is 0. The first-order valence-corrected chi connectivity index (χ1v) is 6.13. The normalized spacial score (nSPS) is 11.0. The molecular formula is C15H15NO3. The van der Waals surface area contributed by atoms with E-state index in [4.69, 9.17) is 4.74 Å². The fourth-order valence-electron chi connectivity index (χ4n) is 1.87. The molecule has 0 fully saturated rings. The lowest BCUT2D eigenvalue weighted by molar-refractivity contribution is -0.142. The molecule has 0 atom stereocenters. The molecule has 2 aromatic rings. The number of aromatic nitrogens is 1. The first-order chi connectivity index (χ1) is 9.24. The van der Waals surface area contributed by atoms with Crippen LogP contribution in [-0.4, -0.2) is 23.8 Å². The van der Waals surface area contributed by atoms with Gasteiger partial charge in [-0.05, 0) is 24.6 Å². The zero-order chi connectivity index (χ0) is 13.7. The largest absolute Gasteiger partial charge is 0.466 e. The molecule has 1 aromatic carbocycles. The smallest absolute Gasteiger partial charge is 0.309 e. The van der Waals surface area contributed by atoms with Crippen molar-refractivity contribution in [2.24, 2.45) is 0 Å². The minimum absolute atomic E-state index is 0.241. The van der Waals surface area contributed by atoms with Crippen LogP contribution in [0.5, 0.6) is 0 Å². The van der Waals surface area contributed by atoms with Crippen molar-refractivity contribution in [2.75, 3.05) is 6.61 Å². The van der Waals surface area contributed by atoms with Crippen LogP contribution in [0.1, 0.15) is 29.3 Å². The molecule has 1 aromatic heterocycles. The van der Waals surface area contributed by atoms with Gasteiger partial charge in [0.1, 0.15) is 0 Å². The second-order valence-corrected chi connectivity index (χ2v) is 4.08. The number of carbonyl (C=O) groups excluding carboxylic acids is 2. The molecule has 0 aliphatic heterocycles. The molecule has 0 saturated heterocycles. The highest BCUT2D eigenvalue weighted by molar-refractivity contribution is 5.98. The number of carbonyl (C=O) groups is 2. The minimum Gasteiger partial charge on any atom is -0.466 e. The van der Waals surface area contributed by atoms with Crippen LogP contribution in [0.15, 0.2) is 30.5 Å². The van der Waals surface area contributed by atoms with E-state index in [0.717, 1.165) is 22.8 Å². The fourth-order valence-corrected chi connectivity index (χ4v) is 1.87. The van der Waals surface area contributed by atoms with Crippen LogP contribution in [0.3, 0.4) is 0 Å². The molecule has 0 aliphatic rings. The number of nitrogens with one attached hydrogen (secondary N) is 1. The molecule has 0 unspecified atom stereocenters. The fraction of sp³-hybridized carbons (Fsp3) is 0.200. The Morgan fingerprint density at radius 3 is 3.00 bits per heavy atom. The minimum atomic E-state index is -0.241. The maximum absolute atomic E-state index is 11.2. The summed E-state index contributed by atoms with van der Waals surface area (Å²) >= 11 is 0. The van der Waals surface area contributed by atoms with E-state index in [1.165, 1.54) is 0 Å². The van der Waals surface area contributed by atoms with Gasteiger partial charge in [0.15, 0.2) is 6.29 Å². The van der Waals surface area contributed by atoms with Gasteiger partial charge in [0.2, 0.25) is 0 Å². The van der Waals surface area contributed by atoms with Crippen molar-refractivity contribution in [2.45, 2.75) is 13.3 Å². The number of aromatic amines is 1. The Hall–Kier alpha value is -2.36. The lowest BCUT2D eigenvalue weighted by atomic mass is 10.1. The number of esters is 1. The van der Waals surface area contributed by atoms with E-state index in [0.29, 0.717) is 12.2 Å². The van der Waals surface area contributed by atoms with Gasteiger partial charge in [-0.2, -0.15) is 0 Å². The van der Waals surface area contributed by atoms with Crippen molar-refractivity contribution in [3.63, 3.8) is 0 Å². The summed E-state index contributed by atoms with van der Waals surface area (Å²) in [4.78, 5) is 25.1. The molecule has 0 aliphatic carbocycles. The molecule has 2 rings (SSSR count). The van der Waals surface area contributed by atoms with Crippen molar-refractivity contribution < 1.29 is 14.3 Å². The Morgan fingerprint density at radius 2 is 2.26 bits per heavy atom. The summed E-state index contributed by atoms with van der Waals surface area (Å²) in [6, 6.07) is 5.75. The molecule has 0 bridgehead atoms. The molecule has 0 saturated carbocycles. The third-order valence-corrected chi connectivity index (χ3v) is 2.76. The van der Waals surface area contributed by atoms with Gasteiger partial charge >= 0.3 is 5.97 Å². The van der Waals surface area contributed by atoms with Gasteiger partial charge in [0, 0.05) is 22.7 Å². The number of aldehydes is 1. The van der Waals surface area contributed by atoms with Crippen LogP contribution < -0.4 is 0 Å². The van der Waals surface area contributed by atoms with Gasteiger partial charge in [-0.1, -0.05) is 18.2 Å². The number of hydrogen-bond donors (Lipinski definition) is 1. The molecule has 19 heavy (non-hydrogen) atoms. The number of fused-ring (bicyclic) bond motifs is 1. The first kappa shape index (κ1) is 13.1. The van der Waals surface area contributed by atoms with Gasteiger partial charge < -0.3 is 9.72 Å². The van der Waals surface area contributed by atoms with E-state index in [1.807, 2.05) is 24.3 Å². The summed E-state index contributed by atoms with van der Waals surface area (Å²) in [5.41, 5.74) is 2.50. The third kappa shape index (κ3) is 3.10. The Kier molecular flexibility index (Phi) is 4.13. The zero-order valence-corrected chi connectivity index (χ0v) is 10.7. The van der Waals surface area contributed by atoms with Crippen LogP contribution in [0.25, 0.3) is 17.0 Å². The Balaban J connectivity index is 2.14. The molecule has 4 heteroatoms. The molecule has 0 spiro atoms. The molecule has 4 nitrogen and oxygen atoms in total. The molecule has 0 radical (unpaired) electrons. The Morgan fingerprint density at radius 1 is 1.42 bits per heavy atom. The van der Waals surface area contributed by atoms with E-state index in [1.54, 1.807) is 19.2 Å². The second-order valence-electron chi connectivity index (χ2n) is 4.08. The summed E-state index contributed by atoms with van der Waals surface area (Å²) in [6.07, 6.45) is 6.36. The first-order valence-electron chi connectivity index (χ1n) is 6.13. The van der Waals surface area contributed by atoms with Gasteiger partial charge in [0.25, 0.3) is 0 Å². The van der Waals surface area contributed by atoms with Crippen LogP contribution in [0.2, 0.25) is 0 Å². The SMILES string of the molecule is CCOC(=O)CC=Cc1ccc2[nH]cc(C=O)c2c1. The molecule has 1 heterocycles. The monoisotopic (exact) mass is 257 g/mol. The van der Waals surface area contributed by atoms with E-state index in [9.17, 15) is 9.59 Å². The van der Waals surface area contributed by atoms with Gasteiger partial charge in [-0.15, -0.1) is 0 Å². The Labute approximate surface area is 111 Å². The topological polar surface area (TPSA) is 59.2 Å². The number of benzene rings is 1. The van der Waals surface area contributed by atoms with E-state index >= 15 is 0 Å². The maximum atomic E-state index is 11.2. The molecule has 0 amide bonds. The van der Waals surface area contributed by atoms with Crippen molar-refractivity contribution >= 4 is 29.2 Å². The summed E-state index contributed by atoms with van der Waals surface area (Å²) < 4.78 is 4.83. The molecule has 1 N–H and O–H groups in total. The van der Waals surface area contributed by atoms with Crippen LogP contribution in [-0.2, 0) is 9.53 Å². The zero-order valence-electron chi connectivity index (χ0n) is 10.7. The van der Waals surface area contributed by atoms with Crippen molar-refractivity contribution in [1.82, 2.24) is 4.98 Å². The number of hydrogen-bond acceptors (Lipinski definition) is 3. The van der Waals surface area contributed by atoms with Gasteiger partial charge in [-0.25, -0.2) is 0 Å². The highest BCUT2D eigenvalue weighted by Gasteiger charge is 2.02. The second kappa shape index (κ2) is 6.00. The lowest BCUT2D eigenvalue weighted by Gasteiger charge is -1.98. The highest BCUT2D eigenvalue weighted by atomic mass is 16.5. The molecular weight excluding hydrogens is 242 g/mol. The van der Waals surface area contributed by atoms with E-state index in [-0.39, 0.29) is 12.4 Å². The lowest BCUT2D eigenvalue weighted by Crippen LogP contribution is -2.01. The van der Waals surface area contributed by atoms with Crippen LogP contribution >= 0.6 is 0 Å². The summed E-state index contributed by atoms with van der Waals surface area (Å²) in [5.74, 6) is -0.241. The quantitative estimate of drug-likeness (QED) is 0.661. The van der Waals surface area contributed by atoms with Gasteiger partial charge in [-0.3, -0.25) is 9.59 Å². The summed E-state index contributed by atoms with van der Waals surface area (Å²) in [5, 5.41) is 0.883. The Bertz CT molecular complexity index is 625. The average Bonchev–Trinajstić information content (AvgIpc) is 2.81. The van der Waals surface area contributed by atoms with Crippen LogP contribution in [0, 0.1) is 0 Å². The van der Waals surface area contributed by atoms with Crippen molar-refractivity contribution in [3.8, 4) is 0 Å². The van der Waals surface area contributed by atoms with Gasteiger partial charge in [0.05, 0.1) is 13.0 Å².